The molecule has 18 heavy (non-hydrogen) atoms. The second-order valence-electron chi connectivity index (χ2n) is 4.71. The van der Waals surface area contributed by atoms with Crippen molar-refractivity contribution in [1.82, 2.24) is 20.3 Å². The van der Waals surface area contributed by atoms with Gasteiger partial charge in [-0.15, -0.1) is 0 Å². The molecule has 0 unspecified atom stereocenters. The zero-order chi connectivity index (χ0) is 13.1. The van der Waals surface area contributed by atoms with Gasteiger partial charge in [-0.25, -0.2) is 9.97 Å². The normalized spacial score (nSPS) is 13.3. The van der Waals surface area contributed by atoms with E-state index >= 15 is 0 Å². The summed E-state index contributed by atoms with van der Waals surface area (Å²) in [6, 6.07) is 0.0779. The summed E-state index contributed by atoms with van der Waals surface area (Å²) in [5.74, 6) is 0.828. The largest absolute Gasteiger partial charge is 0.395 e. The minimum Gasteiger partial charge on any atom is -0.395 e. The zero-order valence-corrected chi connectivity index (χ0v) is 10.6. The Balaban J connectivity index is 2.15. The van der Waals surface area contributed by atoms with Gasteiger partial charge in [0, 0.05) is 24.3 Å². The number of aromatic amines is 1. The third-order valence-corrected chi connectivity index (χ3v) is 3.13. The maximum absolute atomic E-state index is 9.27. The maximum Gasteiger partial charge on any atom is 0.151 e. The third kappa shape index (κ3) is 2.44. The minimum atomic E-state index is 0.0779. The van der Waals surface area contributed by atoms with E-state index in [0.29, 0.717) is 18.3 Å². The van der Waals surface area contributed by atoms with Gasteiger partial charge in [0.25, 0.3) is 0 Å². The standard InChI is InChI=1S/C12H19N5O/c1-7(2)9(5-18)14-3-8-4-15-11-10(8)16-6-17-12(11)13/h4,6-7,9,14-15,18H,3,5H2,1-2H3,(H2,13,16,17)/t9-/m1/s1. The second kappa shape index (κ2) is 5.32. The molecule has 2 aromatic rings. The second-order valence-corrected chi connectivity index (χ2v) is 4.71. The number of aliphatic hydroxyl groups excluding tert-OH is 1. The molecule has 0 saturated carbocycles. The van der Waals surface area contributed by atoms with Crippen molar-refractivity contribution in [2.24, 2.45) is 5.92 Å². The van der Waals surface area contributed by atoms with Crippen LogP contribution in [0.2, 0.25) is 0 Å². The third-order valence-electron chi connectivity index (χ3n) is 3.13. The summed E-state index contributed by atoms with van der Waals surface area (Å²) in [7, 11) is 0. The SMILES string of the molecule is CC(C)[C@@H](CO)NCc1c[nH]c2c(N)ncnc12. The quantitative estimate of drug-likeness (QED) is 0.623. The molecule has 2 rings (SSSR count). The maximum atomic E-state index is 9.27. The van der Waals surface area contributed by atoms with Gasteiger partial charge >= 0.3 is 0 Å². The summed E-state index contributed by atoms with van der Waals surface area (Å²) in [4.78, 5) is 11.2. The van der Waals surface area contributed by atoms with Gasteiger partial charge in [0.05, 0.1) is 12.1 Å². The molecular weight excluding hydrogens is 230 g/mol. The van der Waals surface area contributed by atoms with E-state index in [1.54, 1.807) is 0 Å². The molecule has 0 aliphatic heterocycles. The van der Waals surface area contributed by atoms with Crippen molar-refractivity contribution in [2.45, 2.75) is 26.4 Å². The number of nitrogens with zero attached hydrogens (tertiary/aromatic N) is 2. The van der Waals surface area contributed by atoms with Gasteiger partial charge in [0.2, 0.25) is 0 Å². The first-order chi connectivity index (χ1) is 8.63. The van der Waals surface area contributed by atoms with Gasteiger partial charge in [0.15, 0.2) is 5.82 Å². The van der Waals surface area contributed by atoms with Crippen molar-refractivity contribution in [2.75, 3.05) is 12.3 Å². The van der Waals surface area contributed by atoms with Crippen LogP contribution >= 0.6 is 0 Å². The number of fused-ring (bicyclic) bond motifs is 1. The fourth-order valence-electron chi connectivity index (χ4n) is 1.90. The smallest absolute Gasteiger partial charge is 0.151 e. The summed E-state index contributed by atoms with van der Waals surface area (Å²) >= 11 is 0. The number of hydrogen-bond donors (Lipinski definition) is 4. The Morgan fingerprint density at radius 3 is 2.89 bits per heavy atom. The van der Waals surface area contributed by atoms with Crippen LogP contribution in [0.4, 0.5) is 5.82 Å². The van der Waals surface area contributed by atoms with Crippen molar-refractivity contribution in [1.29, 1.82) is 0 Å². The van der Waals surface area contributed by atoms with Crippen LogP contribution < -0.4 is 11.1 Å². The Morgan fingerprint density at radius 2 is 2.22 bits per heavy atom. The summed E-state index contributed by atoms with van der Waals surface area (Å²) < 4.78 is 0. The Hall–Kier alpha value is -1.66. The summed E-state index contributed by atoms with van der Waals surface area (Å²) in [5, 5.41) is 12.6. The molecule has 2 aromatic heterocycles. The molecule has 98 valence electrons. The number of nitrogens with two attached hydrogens (primary N) is 1. The molecule has 0 spiro atoms. The lowest BCUT2D eigenvalue weighted by Crippen LogP contribution is -2.36. The Kier molecular flexibility index (Phi) is 3.78. The van der Waals surface area contributed by atoms with Gasteiger partial charge in [0.1, 0.15) is 11.8 Å². The monoisotopic (exact) mass is 249 g/mol. The van der Waals surface area contributed by atoms with Crippen LogP contribution in [0.5, 0.6) is 0 Å². The van der Waals surface area contributed by atoms with Gasteiger partial charge in [-0.1, -0.05) is 13.8 Å². The Labute approximate surface area is 106 Å². The van der Waals surface area contributed by atoms with E-state index in [4.69, 9.17) is 5.73 Å². The average Bonchev–Trinajstić information content (AvgIpc) is 2.74. The lowest BCUT2D eigenvalue weighted by Gasteiger charge is -2.19. The summed E-state index contributed by atoms with van der Waals surface area (Å²) in [5.41, 5.74) is 8.38. The van der Waals surface area contributed by atoms with E-state index in [2.05, 4.69) is 34.1 Å². The molecule has 0 aliphatic rings. The fourth-order valence-corrected chi connectivity index (χ4v) is 1.90. The highest BCUT2D eigenvalue weighted by atomic mass is 16.3. The van der Waals surface area contributed by atoms with E-state index in [1.807, 2.05) is 6.20 Å². The van der Waals surface area contributed by atoms with Gasteiger partial charge in [-0.2, -0.15) is 0 Å². The van der Waals surface area contributed by atoms with Crippen LogP contribution in [0.1, 0.15) is 19.4 Å². The first-order valence-electron chi connectivity index (χ1n) is 6.04. The van der Waals surface area contributed by atoms with E-state index in [1.165, 1.54) is 6.33 Å². The van der Waals surface area contributed by atoms with Crippen LogP contribution in [0.25, 0.3) is 11.0 Å². The van der Waals surface area contributed by atoms with E-state index in [-0.39, 0.29) is 12.6 Å². The number of hydrogen-bond acceptors (Lipinski definition) is 5. The highest BCUT2D eigenvalue weighted by Gasteiger charge is 2.13. The fraction of sp³-hybridized carbons (Fsp3) is 0.500. The highest BCUT2D eigenvalue weighted by molar-refractivity contribution is 5.86. The molecule has 0 aromatic carbocycles. The first-order valence-corrected chi connectivity index (χ1v) is 6.04. The van der Waals surface area contributed by atoms with Crippen molar-refractivity contribution in [3.63, 3.8) is 0 Å². The van der Waals surface area contributed by atoms with Gasteiger partial charge < -0.3 is 21.1 Å². The van der Waals surface area contributed by atoms with Crippen LogP contribution in [0.15, 0.2) is 12.5 Å². The number of H-pyrrole nitrogens is 1. The van der Waals surface area contributed by atoms with Crippen molar-refractivity contribution in [3.05, 3.63) is 18.1 Å². The molecule has 6 heteroatoms. The lowest BCUT2D eigenvalue weighted by atomic mass is 10.1. The highest BCUT2D eigenvalue weighted by Crippen LogP contribution is 2.19. The van der Waals surface area contributed by atoms with Crippen LogP contribution in [-0.2, 0) is 6.54 Å². The minimum absolute atomic E-state index is 0.0779. The molecule has 0 amide bonds. The van der Waals surface area contributed by atoms with E-state index in [0.717, 1.165) is 16.6 Å². The zero-order valence-electron chi connectivity index (χ0n) is 10.6. The molecule has 6 nitrogen and oxygen atoms in total. The summed E-state index contributed by atoms with van der Waals surface area (Å²) in [6.45, 7) is 4.91. The lowest BCUT2D eigenvalue weighted by molar-refractivity contribution is 0.210. The first kappa shape index (κ1) is 12.8. The van der Waals surface area contributed by atoms with Gasteiger partial charge in [-0.3, -0.25) is 0 Å². The number of aromatic nitrogens is 3. The molecule has 1 atom stereocenters. The Morgan fingerprint density at radius 1 is 1.44 bits per heavy atom. The summed E-state index contributed by atoms with van der Waals surface area (Å²) in [6.07, 6.45) is 3.33. The molecule has 5 N–H and O–H groups in total. The van der Waals surface area contributed by atoms with Crippen molar-refractivity contribution >= 4 is 16.9 Å². The molecular formula is C12H19N5O. The number of rotatable bonds is 5. The molecule has 0 aliphatic carbocycles. The van der Waals surface area contributed by atoms with Crippen molar-refractivity contribution < 1.29 is 5.11 Å². The van der Waals surface area contributed by atoms with Crippen LogP contribution in [0, 0.1) is 5.92 Å². The van der Waals surface area contributed by atoms with E-state index < -0.39 is 0 Å². The topological polar surface area (TPSA) is 99.8 Å². The molecule has 2 heterocycles. The van der Waals surface area contributed by atoms with E-state index in [9.17, 15) is 5.11 Å². The number of anilines is 1. The predicted molar refractivity (Wildman–Crippen MR) is 70.9 cm³/mol. The molecule has 0 bridgehead atoms. The Bertz CT molecular complexity index is 522. The average molecular weight is 249 g/mol. The molecule has 0 radical (unpaired) electrons. The van der Waals surface area contributed by atoms with Crippen molar-refractivity contribution in [3.8, 4) is 0 Å². The number of nitrogens with one attached hydrogen (secondary N) is 2. The number of nitrogen functional groups attached to an aromatic ring is 1. The van der Waals surface area contributed by atoms with Crippen LogP contribution in [0.3, 0.4) is 0 Å². The van der Waals surface area contributed by atoms with Gasteiger partial charge in [-0.05, 0) is 5.92 Å². The molecule has 0 fully saturated rings. The van der Waals surface area contributed by atoms with Crippen LogP contribution in [-0.4, -0.2) is 32.7 Å². The molecule has 0 saturated heterocycles. The number of aliphatic hydroxyl groups is 1. The predicted octanol–water partition coefficient (Wildman–Crippen LogP) is 0.647.